The lowest BCUT2D eigenvalue weighted by molar-refractivity contribution is 0.347. The smallest absolute Gasteiger partial charge is 0.225 e. The molecule has 176 valence electrons. The summed E-state index contributed by atoms with van der Waals surface area (Å²) in [6.07, 6.45) is 4.39. The molecule has 33 heavy (non-hydrogen) atoms. The van der Waals surface area contributed by atoms with Gasteiger partial charge in [-0.3, -0.25) is 0 Å². The first-order valence-electron chi connectivity index (χ1n) is 11.3. The third kappa shape index (κ3) is 5.50. The maximum atomic E-state index is 5.46. The number of benzene rings is 2. The molecular formula is C25H32BrN5O2. The van der Waals surface area contributed by atoms with Gasteiger partial charge in [0, 0.05) is 38.1 Å². The summed E-state index contributed by atoms with van der Waals surface area (Å²) in [5.74, 6) is 3.12. The molecule has 0 radical (unpaired) electrons. The van der Waals surface area contributed by atoms with Crippen LogP contribution in [0, 0.1) is 0 Å². The van der Waals surface area contributed by atoms with Gasteiger partial charge in [0.1, 0.15) is 5.82 Å². The fourth-order valence-electron chi connectivity index (χ4n) is 4.43. The van der Waals surface area contributed by atoms with Crippen LogP contribution < -0.4 is 25.0 Å². The van der Waals surface area contributed by atoms with Gasteiger partial charge in [-0.05, 0) is 71.4 Å². The fraction of sp³-hybridized carbons (Fsp3) is 0.440. The molecular weight excluding hydrogens is 482 g/mol. The Hall–Kier alpha value is -2.58. The zero-order valence-electron chi connectivity index (χ0n) is 19.7. The summed E-state index contributed by atoms with van der Waals surface area (Å²) in [6.45, 7) is 0.793. The van der Waals surface area contributed by atoms with Crippen molar-refractivity contribution in [2.75, 3.05) is 38.5 Å². The summed E-state index contributed by atoms with van der Waals surface area (Å²) in [7, 11) is 7.35. The summed E-state index contributed by atoms with van der Waals surface area (Å²) < 4.78 is 11.8. The molecule has 8 heteroatoms. The van der Waals surface area contributed by atoms with E-state index in [4.69, 9.17) is 19.4 Å². The number of ether oxygens (including phenoxy) is 2. The first-order valence-corrected chi connectivity index (χ1v) is 12.1. The summed E-state index contributed by atoms with van der Waals surface area (Å²) in [6, 6.07) is 13.2. The Morgan fingerprint density at radius 1 is 1.00 bits per heavy atom. The van der Waals surface area contributed by atoms with Crippen molar-refractivity contribution in [1.82, 2.24) is 15.3 Å². The van der Waals surface area contributed by atoms with Crippen molar-refractivity contribution in [2.45, 2.75) is 44.3 Å². The highest BCUT2D eigenvalue weighted by Crippen LogP contribution is 2.36. The minimum atomic E-state index is 0.384. The second kappa shape index (κ2) is 10.6. The number of nitrogens with zero attached hydrogens (tertiary/aromatic N) is 3. The van der Waals surface area contributed by atoms with Crippen molar-refractivity contribution in [1.29, 1.82) is 0 Å². The molecule has 7 nitrogen and oxygen atoms in total. The third-order valence-electron chi connectivity index (χ3n) is 6.16. The normalized spacial score (nSPS) is 18.2. The Balaban J connectivity index is 1.34. The van der Waals surface area contributed by atoms with Crippen LogP contribution in [0.15, 0.2) is 40.9 Å². The van der Waals surface area contributed by atoms with E-state index >= 15 is 0 Å². The van der Waals surface area contributed by atoms with Crippen LogP contribution in [0.1, 0.15) is 31.2 Å². The van der Waals surface area contributed by atoms with E-state index in [1.807, 2.05) is 43.3 Å². The number of nitrogens with one attached hydrogen (secondary N) is 2. The Kier molecular flexibility index (Phi) is 7.55. The van der Waals surface area contributed by atoms with Crippen molar-refractivity contribution in [2.24, 2.45) is 0 Å². The fourth-order valence-corrected chi connectivity index (χ4v) is 5.08. The molecule has 0 amide bonds. The molecule has 1 saturated carbocycles. The minimum absolute atomic E-state index is 0.384. The second-order valence-electron chi connectivity index (χ2n) is 8.67. The topological polar surface area (TPSA) is 71.5 Å². The number of halogens is 1. The molecule has 0 saturated heterocycles. The van der Waals surface area contributed by atoms with E-state index in [2.05, 4.69) is 38.7 Å². The monoisotopic (exact) mass is 513 g/mol. The van der Waals surface area contributed by atoms with Gasteiger partial charge in [-0.1, -0.05) is 12.1 Å². The van der Waals surface area contributed by atoms with Gasteiger partial charge in [-0.2, -0.15) is 4.98 Å². The van der Waals surface area contributed by atoms with Gasteiger partial charge in [0.2, 0.25) is 5.95 Å². The molecule has 1 aliphatic carbocycles. The Labute approximate surface area is 204 Å². The number of rotatable bonds is 8. The predicted octanol–water partition coefficient (Wildman–Crippen LogP) is 4.99. The van der Waals surface area contributed by atoms with Crippen LogP contribution in [-0.2, 0) is 6.54 Å². The van der Waals surface area contributed by atoms with Crippen molar-refractivity contribution < 1.29 is 9.47 Å². The number of hydrogen-bond donors (Lipinski definition) is 2. The van der Waals surface area contributed by atoms with Crippen LogP contribution in [0.2, 0.25) is 0 Å². The highest BCUT2D eigenvalue weighted by Gasteiger charge is 2.22. The number of aromatic nitrogens is 2. The quantitative estimate of drug-likeness (QED) is 0.439. The summed E-state index contributed by atoms with van der Waals surface area (Å²) in [5, 5.41) is 8.36. The molecule has 4 rings (SSSR count). The first-order chi connectivity index (χ1) is 16.0. The number of fused-ring (bicyclic) bond motifs is 1. The number of anilines is 2. The van der Waals surface area contributed by atoms with Gasteiger partial charge in [0.15, 0.2) is 11.5 Å². The highest BCUT2D eigenvalue weighted by atomic mass is 79.9. The average Bonchev–Trinajstić information content (AvgIpc) is 2.82. The lowest BCUT2D eigenvalue weighted by Gasteiger charge is -2.30. The van der Waals surface area contributed by atoms with Crippen molar-refractivity contribution in [3.63, 3.8) is 0 Å². The summed E-state index contributed by atoms with van der Waals surface area (Å²) in [4.78, 5) is 11.6. The van der Waals surface area contributed by atoms with E-state index in [9.17, 15) is 0 Å². The Morgan fingerprint density at radius 3 is 2.42 bits per heavy atom. The van der Waals surface area contributed by atoms with E-state index in [1.54, 1.807) is 14.2 Å². The zero-order chi connectivity index (χ0) is 23.4. The highest BCUT2D eigenvalue weighted by molar-refractivity contribution is 9.10. The summed E-state index contributed by atoms with van der Waals surface area (Å²) >= 11 is 3.58. The molecule has 3 aromatic rings. The summed E-state index contributed by atoms with van der Waals surface area (Å²) in [5.41, 5.74) is 2.13. The van der Waals surface area contributed by atoms with Crippen LogP contribution in [0.3, 0.4) is 0 Å². The molecule has 0 unspecified atom stereocenters. The SMILES string of the molecule is COc1cc(CNC2CCC(Nc3nc(N(C)C)c4ccccc4n3)CC2)cc(Br)c1OC. The van der Waals surface area contributed by atoms with E-state index in [-0.39, 0.29) is 0 Å². The zero-order valence-corrected chi connectivity index (χ0v) is 21.3. The molecule has 1 fully saturated rings. The van der Waals surface area contributed by atoms with Gasteiger partial charge < -0.3 is 25.0 Å². The molecule has 2 N–H and O–H groups in total. The van der Waals surface area contributed by atoms with Gasteiger partial charge in [0.25, 0.3) is 0 Å². The molecule has 0 spiro atoms. The molecule has 1 heterocycles. The van der Waals surface area contributed by atoms with Gasteiger partial charge >= 0.3 is 0 Å². The molecule has 1 aromatic heterocycles. The number of methoxy groups -OCH3 is 2. The van der Waals surface area contributed by atoms with Crippen LogP contribution in [-0.4, -0.2) is 50.4 Å². The maximum Gasteiger partial charge on any atom is 0.225 e. The van der Waals surface area contributed by atoms with Crippen LogP contribution in [0.4, 0.5) is 11.8 Å². The minimum Gasteiger partial charge on any atom is -0.493 e. The molecule has 0 bridgehead atoms. The largest absolute Gasteiger partial charge is 0.493 e. The third-order valence-corrected chi connectivity index (χ3v) is 6.74. The first kappa shape index (κ1) is 23.6. The lowest BCUT2D eigenvalue weighted by atomic mass is 9.91. The van der Waals surface area contributed by atoms with E-state index < -0.39 is 0 Å². The van der Waals surface area contributed by atoms with Crippen molar-refractivity contribution in [3.05, 3.63) is 46.4 Å². The van der Waals surface area contributed by atoms with Crippen LogP contribution in [0.5, 0.6) is 11.5 Å². The average molecular weight is 514 g/mol. The Morgan fingerprint density at radius 2 is 1.73 bits per heavy atom. The van der Waals surface area contributed by atoms with Crippen LogP contribution in [0.25, 0.3) is 10.9 Å². The number of hydrogen-bond acceptors (Lipinski definition) is 7. The van der Waals surface area contributed by atoms with E-state index in [1.165, 1.54) is 5.56 Å². The number of para-hydroxylation sites is 1. The van der Waals surface area contributed by atoms with Crippen molar-refractivity contribution in [3.8, 4) is 11.5 Å². The standard InChI is InChI=1S/C25H32BrN5O2/c1-31(2)24-19-7-5-6-8-21(19)29-25(30-24)28-18-11-9-17(10-12-18)27-15-16-13-20(26)23(33-4)22(14-16)32-3/h5-8,13-14,17-18,27H,9-12,15H2,1-4H3,(H,28,29,30). The van der Waals surface area contributed by atoms with E-state index in [0.29, 0.717) is 18.0 Å². The Bertz CT molecular complexity index is 1100. The lowest BCUT2D eigenvalue weighted by Crippen LogP contribution is -2.37. The molecule has 2 aromatic carbocycles. The predicted molar refractivity (Wildman–Crippen MR) is 138 cm³/mol. The molecule has 0 atom stereocenters. The van der Waals surface area contributed by atoms with E-state index in [0.717, 1.165) is 64.9 Å². The van der Waals surface area contributed by atoms with Gasteiger partial charge in [-0.15, -0.1) is 0 Å². The molecule has 1 aliphatic rings. The second-order valence-corrected chi connectivity index (χ2v) is 9.52. The van der Waals surface area contributed by atoms with Gasteiger partial charge in [-0.25, -0.2) is 4.98 Å². The van der Waals surface area contributed by atoms with Crippen LogP contribution >= 0.6 is 15.9 Å². The van der Waals surface area contributed by atoms with Crippen molar-refractivity contribution >= 4 is 38.6 Å². The molecule has 0 aliphatic heterocycles. The maximum absolute atomic E-state index is 5.46. The van der Waals surface area contributed by atoms with Gasteiger partial charge in [0.05, 0.1) is 24.2 Å².